The summed E-state index contributed by atoms with van der Waals surface area (Å²) in [6.07, 6.45) is 1.55. The molecule has 1 unspecified atom stereocenters. The Morgan fingerprint density at radius 2 is 1.59 bits per heavy atom. The molecule has 0 saturated carbocycles. The number of ether oxygens (including phenoxy) is 2. The Kier molecular flexibility index (Phi) is 6.88. The van der Waals surface area contributed by atoms with Gasteiger partial charge in [-0.05, 0) is 41.5 Å². The molecule has 4 rings (SSSR count). The van der Waals surface area contributed by atoms with E-state index < -0.39 is 23.8 Å². The zero-order valence-electron chi connectivity index (χ0n) is 18.1. The first-order valence-corrected chi connectivity index (χ1v) is 10.5. The van der Waals surface area contributed by atoms with E-state index in [1.165, 1.54) is 6.08 Å². The molecule has 0 aromatic heterocycles. The van der Waals surface area contributed by atoms with Crippen LogP contribution in [0.25, 0.3) is 6.08 Å². The van der Waals surface area contributed by atoms with Gasteiger partial charge in [0.15, 0.2) is 11.5 Å². The molecule has 3 aromatic rings. The fourth-order valence-corrected chi connectivity index (χ4v) is 3.40. The molecule has 34 heavy (non-hydrogen) atoms. The van der Waals surface area contributed by atoms with Gasteiger partial charge in [-0.15, -0.1) is 0 Å². The molecule has 172 valence electrons. The van der Waals surface area contributed by atoms with Gasteiger partial charge in [0.1, 0.15) is 11.7 Å². The molecule has 0 radical (unpaired) electrons. The van der Waals surface area contributed by atoms with Crippen LogP contribution in [0.2, 0.25) is 0 Å². The Morgan fingerprint density at radius 1 is 0.912 bits per heavy atom. The maximum atomic E-state index is 13.1. The molecule has 0 saturated heterocycles. The van der Waals surface area contributed by atoms with Crippen molar-refractivity contribution in [2.45, 2.75) is 12.5 Å². The average molecular weight is 458 g/mol. The Balaban J connectivity index is 1.60. The molecule has 0 bridgehead atoms. The number of nitrogens with one attached hydrogen (secondary N) is 2. The highest BCUT2D eigenvalue weighted by Crippen LogP contribution is 2.33. The van der Waals surface area contributed by atoms with E-state index in [0.717, 1.165) is 5.56 Å². The van der Waals surface area contributed by atoms with Crippen molar-refractivity contribution in [3.05, 3.63) is 101 Å². The largest absolute Gasteiger partial charge is 0.480 e. The van der Waals surface area contributed by atoms with E-state index in [4.69, 9.17) is 9.47 Å². The Bertz CT molecular complexity index is 1220. The van der Waals surface area contributed by atoms with Gasteiger partial charge in [-0.2, -0.15) is 0 Å². The van der Waals surface area contributed by atoms with E-state index in [9.17, 15) is 19.5 Å². The number of rotatable bonds is 8. The van der Waals surface area contributed by atoms with Crippen LogP contribution in [-0.2, 0) is 16.0 Å². The van der Waals surface area contributed by atoms with Crippen LogP contribution in [0.15, 0.2) is 84.6 Å². The fraction of sp³-hybridized carbons (Fsp3) is 0.115. The number of carboxylic acid groups (broad SMARTS) is 1. The molecule has 1 aliphatic rings. The van der Waals surface area contributed by atoms with Crippen LogP contribution >= 0.6 is 0 Å². The number of carboxylic acids is 1. The SMILES string of the molecule is O=C(NC(Cc1ccccc1)C(=O)O)/C(=C\c1ccc2c(c1)OCO2)NC(=O)c1ccccc1. The molecule has 3 N–H and O–H groups in total. The number of carbonyl (C=O) groups is 3. The Hall–Kier alpha value is -4.59. The summed E-state index contributed by atoms with van der Waals surface area (Å²) in [5.74, 6) is -1.34. The lowest BCUT2D eigenvalue weighted by Gasteiger charge is -2.17. The van der Waals surface area contributed by atoms with Crippen LogP contribution < -0.4 is 20.1 Å². The number of fused-ring (bicyclic) bond motifs is 1. The van der Waals surface area contributed by atoms with Crippen molar-refractivity contribution < 1.29 is 29.0 Å². The van der Waals surface area contributed by atoms with Crippen molar-refractivity contribution >= 4 is 23.9 Å². The third-order valence-corrected chi connectivity index (χ3v) is 5.12. The summed E-state index contributed by atoms with van der Waals surface area (Å²) in [5, 5.41) is 14.8. The van der Waals surface area contributed by atoms with Gasteiger partial charge in [0.05, 0.1) is 0 Å². The minimum Gasteiger partial charge on any atom is -0.480 e. The average Bonchev–Trinajstić information content (AvgIpc) is 3.32. The number of amides is 2. The molecule has 1 atom stereocenters. The molecular weight excluding hydrogens is 436 g/mol. The van der Waals surface area contributed by atoms with E-state index >= 15 is 0 Å². The number of aliphatic carboxylic acids is 1. The number of hydrogen-bond acceptors (Lipinski definition) is 5. The molecule has 2 amide bonds. The maximum absolute atomic E-state index is 13.1. The molecule has 8 nitrogen and oxygen atoms in total. The van der Waals surface area contributed by atoms with E-state index in [1.807, 2.05) is 6.07 Å². The standard InChI is InChI=1S/C26H22N2O6/c29-24(19-9-5-2-6-10-19)27-20(14-18-11-12-22-23(15-18)34-16-33-22)25(30)28-21(26(31)32)13-17-7-3-1-4-8-17/h1-12,14-15,21H,13,16H2,(H,27,29)(H,28,30)(H,31,32)/b20-14+. The van der Waals surface area contributed by atoms with Crippen molar-refractivity contribution in [2.75, 3.05) is 6.79 Å². The lowest BCUT2D eigenvalue weighted by Crippen LogP contribution is -2.45. The van der Waals surface area contributed by atoms with Crippen LogP contribution in [-0.4, -0.2) is 35.7 Å². The summed E-state index contributed by atoms with van der Waals surface area (Å²) in [7, 11) is 0. The van der Waals surface area contributed by atoms with Gasteiger partial charge in [-0.1, -0.05) is 54.6 Å². The van der Waals surface area contributed by atoms with Gasteiger partial charge in [0.25, 0.3) is 11.8 Å². The summed E-state index contributed by atoms with van der Waals surface area (Å²) in [6, 6.07) is 21.2. The van der Waals surface area contributed by atoms with Crippen LogP contribution in [0.4, 0.5) is 0 Å². The second-order valence-corrected chi connectivity index (χ2v) is 7.54. The third-order valence-electron chi connectivity index (χ3n) is 5.12. The van der Waals surface area contributed by atoms with E-state index in [-0.39, 0.29) is 18.9 Å². The van der Waals surface area contributed by atoms with Crippen molar-refractivity contribution in [2.24, 2.45) is 0 Å². The quantitative estimate of drug-likeness (QED) is 0.447. The van der Waals surface area contributed by atoms with Crippen molar-refractivity contribution in [3.63, 3.8) is 0 Å². The Morgan fingerprint density at radius 3 is 2.29 bits per heavy atom. The van der Waals surface area contributed by atoms with E-state index in [0.29, 0.717) is 22.6 Å². The third kappa shape index (κ3) is 5.60. The lowest BCUT2D eigenvalue weighted by molar-refractivity contribution is -0.141. The first-order chi connectivity index (χ1) is 16.5. The normalized spacial score (nSPS) is 13.1. The summed E-state index contributed by atoms with van der Waals surface area (Å²) < 4.78 is 10.7. The predicted octanol–water partition coefficient (Wildman–Crippen LogP) is 3.00. The first-order valence-electron chi connectivity index (χ1n) is 10.5. The smallest absolute Gasteiger partial charge is 0.326 e. The number of hydrogen-bond donors (Lipinski definition) is 3. The van der Waals surface area contributed by atoms with Gasteiger partial charge < -0.3 is 25.2 Å². The zero-order chi connectivity index (χ0) is 23.9. The van der Waals surface area contributed by atoms with Crippen LogP contribution in [0, 0.1) is 0 Å². The highest BCUT2D eigenvalue weighted by atomic mass is 16.7. The van der Waals surface area contributed by atoms with Gasteiger partial charge in [-0.3, -0.25) is 9.59 Å². The number of benzene rings is 3. The van der Waals surface area contributed by atoms with Gasteiger partial charge >= 0.3 is 5.97 Å². The molecule has 0 spiro atoms. The van der Waals surface area contributed by atoms with Crippen LogP contribution in [0.1, 0.15) is 21.5 Å². The second-order valence-electron chi connectivity index (χ2n) is 7.54. The van der Waals surface area contributed by atoms with Crippen LogP contribution in [0.5, 0.6) is 11.5 Å². The van der Waals surface area contributed by atoms with Crippen molar-refractivity contribution in [1.82, 2.24) is 10.6 Å². The van der Waals surface area contributed by atoms with Crippen molar-refractivity contribution in [3.8, 4) is 11.5 Å². The minimum absolute atomic E-state index is 0.0891. The maximum Gasteiger partial charge on any atom is 0.326 e. The second kappa shape index (κ2) is 10.4. The Labute approximate surface area is 195 Å². The molecule has 8 heteroatoms. The minimum atomic E-state index is -1.19. The van der Waals surface area contributed by atoms with Gasteiger partial charge in [0, 0.05) is 12.0 Å². The highest BCUT2D eigenvalue weighted by Gasteiger charge is 2.24. The number of carbonyl (C=O) groups excluding carboxylic acids is 2. The van der Waals surface area contributed by atoms with Gasteiger partial charge in [0.2, 0.25) is 6.79 Å². The molecule has 0 aliphatic carbocycles. The highest BCUT2D eigenvalue weighted by molar-refractivity contribution is 6.06. The zero-order valence-corrected chi connectivity index (χ0v) is 18.1. The fourth-order valence-electron chi connectivity index (χ4n) is 3.40. The molecular formula is C26H22N2O6. The topological polar surface area (TPSA) is 114 Å². The van der Waals surface area contributed by atoms with E-state index in [1.54, 1.807) is 72.8 Å². The van der Waals surface area contributed by atoms with E-state index in [2.05, 4.69) is 10.6 Å². The lowest BCUT2D eigenvalue weighted by atomic mass is 10.1. The van der Waals surface area contributed by atoms with Crippen molar-refractivity contribution in [1.29, 1.82) is 0 Å². The summed E-state index contributed by atoms with van der Waals surface area (Å²) >= 11 is 0. The first kappa shape index (κ1) is 22.6. The summed E-state index contributed by atoms with van der Waals surface area (Å²) in [5.41, 5.74) is 1.57. The van der Waals surface area contributed by atoms with Gasteiger partial charge in [-0.25, -0.2) is 4.79 Å². The molecule has 3 aromatic carbocycles. The van der Waals surface area contributed by atoms with Crippen LogP contribution in [0.3, 0.4) is 0 Å². The summed E-state index contributed by atoms with van der Waals surface area (Å²) in [6.45, 7) is 0.0976. The monoisotopic (exact) mass is 458 g/mol. The molecule has 0 fully saturated rings. The summed E-state index contributed by atoms with van der Waals surface area (Å²) in [4.78, 5) is 37.7. The molecule has 1 heterocycles. The molecule has 1 aliphatic heterocycles. The predicted molar refractivity (Wildman–Crippen MR) is 124 cm³/mol.